The van der Waals surface area contributed by atoms with E-state index < -0.39 is 0 Å². The molecule has 0 bridgehead atoms. The molecule has 2 aliphatic rings. The lowest BCUT2D eigenvalue weighted by Crippen LogP contribution is -2.62. The third-order valence-corrected chi connectivity index (χ3v) is 6.32. The van der Waals surface area contributed by atoms with Gasteiger partial charge in [0.25, 0.3) is 0 Å². The number of imidazole rings is 1. The number of rotatable bonds is 6. The molecule has 9 heteroatoms. The van der Waals surface area contributed by atoms with Gasteiger partial charge in [-0.2, -0.15) is 5.10 Å². The van der Waals surface area contributed by atoms with Crippen molar-refractivity contribution in [2.24, 2.45) is 5.92 Å². The molecule has 0 radical (unpaired) electrons. The Labute approximate surface area is 183 Å². The summed E-state index contributed by atoms with van der Waals surface area (Å²) in [6, 6.07) is -0.294. The monoisotopic (exact) mass is 427 g/mol. The summed E-state index contributed by atoms with van der Waals surface area (Å²) in [5.74, 6) is 0.581. The topological polar surface area (TPSA) is 108 Å². The molecule has 31 heavy (non-hydrogen) atoms. The van der Waals surface area contributed by atoms with E-state index in [0.717, 1.165) is 29.8 Å². The number of aryl methyl sites for hydroxylation is 2. The van der Waals surface area contributed by atoms with Crippen LogP contribution in [0.3, 0.4) is 0 Å². The maximum Gasteiger partial charge on any atom is 0.237 e. The van der Waals surface area contributed by atoms with Crippen LogP contribution in [0, 0.1) is 12.8 Å². The molecule has 0 unspecified atom stereocenters. The summed E-state index contributed by atoms with van der Waals surface area (Å²) < 4.78 is 1.82. The maximum atomic E-state index is 12.8. The zero-order valence-corrected chi connectivity index (χ0v) is 18.6. The van der Waals surface area contributed by atoms with E-state index >= 15 is 0 Å². The Hall–Kier alpha value is -2.68. The van der Waals surface area contributed by atoms with Gasteiger partial charge >= 0.3 is 0 Å². The molecule has 3 N–H and O–H groups in total. The summed E-state index contributed by atoms with van der Waals surface area (Å²) in [4.78, 5) is 35.3. The molecule has 1 spiro atoms. The highest BCUT2D eigenvalue weighted by atomic mass is 16.2. The van der Waals surface area contributed by atoms with Gasteiger partial charge in [0.2, 0.25) is 11.8 Å². The van der Waals surface area contributed by atoms with Crippen molar-refractivity contribution in [3.63, 3.8) is 0 Å². The van der Waals surface area contributed by atoms with Crippen molar-refractivity contribution in [1.29, 1.82) is 0 Å². The summed E-state index contributed by atoms with van der Waals surface area (Å²) >= 11 is 0. The predicted octanol–water partition coefficient (Wildman–Crippen LogP) is 1.11. The quantitative estimate of drug-likeness (QED) is 0.640. The fraction of sp³-hybridized carbons (Fsp3) is 0.636. The summed E-state index contributed by atoms with van der Waals surface area (Å²) in [5, 5.41) is 10.9. The number of piperidine rings is 1. The van der Waals surface area contributed by atoms with Gasteiger partial charge < -0.3 is 15.2 Å². The SMILES string of the molecule is Cc1cnn(CCC(=O)N2CCC3(CC2)N[C@H](C(=O)NCC(C)C)Cc2[nH]cnc23)c1. The number of hydrogen-bond donors (Lipinski definition) is 3. The second-order valence-electron chi connectivity index (χ2n) is 9.26. The number of aromatic nitrogens is 4. The molecule has 1 atom stereocenters. The predicted molar refractivity (Wildman–Crippen MR) is 116 cm³/mol. The van der Waals surface area contributed by atoms with Gasteiger partial charge in [0.1, 0.15) is 0 Å². The van der Waals surface area contributed by atoms with Crippen molar-refractivity contribution in [2.45, 2.75) is 64.6 Å². The number of nitrogens with zero attached hydrogens (tertiary/aromatic N) is 4. The minimum absolute atomic E-state index is 0.0290. The third-order valence-electron chi connectivity index (χ3n) is 6.32. The molecule has 2 amide bonds. The van der Waals surface area contributed by atoms with E-state index in [2.05, 4.69) is 39.5 Å². The van der Waals surface area contributed by atoms with Crippen LogP contribution >= 0.6 is 0 Å². The first-order chi connectivity index (χ1) is 14.9. The van der Waals surface area contributed by atoms with Crippen molar-refractivity contribution >= 4 is 11.8 Å². The molecule has 2 aromatic rings. The van der Waals surface area contributed by atoms with Crippen LogP contribution in [0.25, 0.3) is 0 Å². The lowest BCUT2D eigenvalue weighted by atomic mass is 9.78. The highest BCUT2D eigenvalue weighted by molar-refractivity contribution is 5.82. The molecule has 1 fully saturated rings. The average molecular weight is 428 g/mol. The van der Waals surface area contributed by atoms with E-state index in [0.29, 0.717) is 44.9 Å². The fourth-order valence-corrected chi connectivity index (χ4v) is 4.61. The molecule has 0 aromatic carbocycles. The molecule has 1 saturated heterocycles. The standard InChI is InChI=1S/C22H33N7O2/c1-15(2)11-23-21(31)18-10-17-20(25-14-24-17)22(27-18)5-8-28(9-6-22)19(30)4-7-29-13-16(3)12-26-29/h12-15,18,27H,4-11H2,1-3H3,(H,23,31)(H,24,25)/t18-/m0/s1. The molecular formula is C22H33N7O2. The Morgan fingerprint density at radius 2 is 2.10 bits per heavy atom. The number of fused-ring (bicyclic) bond motifs is 2. The summed E-state index contributed by atoms with van der Waals surface area (Å²) in [6.07, 6.45) is 8.00. The second-order valence-corrected chi connectivity index (χ2v) is 9.26. The van der Waals surface area contributed by atoms with Crippen LogP contribution in [0.15, 0.2) is 18.7 Å². The Morgan fingerprint density at radius 1 is 1.32 bits per heavy atom. The van der Waals surface area contributed by atoms with Gasteiger partial charge in [0, 0.05) is 50.9 Å². The highest BCUT2D eigenvalue weighted by Crippen LogP contribution is 2.37. The molecule has 4 rings (SSSR count). The number of amides is 2. The molecule has 0 aliphatic carbocycles. The Kier molecular flexibility index (Phi) is 6.13. The summed E-state index contributed by atoms with van der Waals surface area (Å²) in [6.45, 7) is 8.72. The zero-order valence-electron chi connectivity index (χ0n) is 18.6. The number of carbonyl (C=O) groups is 2. The van der Waals surface area contributed by atoms with Crippen molar-refractivity contribution in [1.82, 2.24) is 35.3 Å². The number of aromatic amines is 1. The van der Waals surface area contributed by atoms with E-state index in [1.54, 1.807) is 12.5 Å². The number of likely N-dealkylation sites (tertiary alicyclic amines) is 1. The average Bonchev–Trinajstić information content (AvgIpc) is 3.40. The first kappa shape index (κ1) is 21.5. The van der Waals surface area contributed by atoms with Gasteiger partial charge in [0.05, 0.1) is 29.8 Å². The van der Waals surface area contributed by atoms with Crippen molar-refractivity contribution in [3.05, 3.63) is 35.7 Å². The minimum atomic E-state index is -0.372. The zero-order chi connectivity index (χ0) is 22.0. The van der Waals surface area contributed by atoms with E-state index in [9.17, 15) is 9.59 Å². The van der Waals surface area contributed by atoms with Gasteiger partial charge in [-0.05, 0) is 31.2 Å². The van der Waals surface area contributed by atoms with Gasteiger partial charge in [0.15, 0.2) is 0 Å². The van der Waals surface area contributed by atoms with Crippen LogP contribution in [-0.2, 0) is 28.1 Å². The van der Waals surface area contributed by atoms with Crippen LogP contribution in [0.1, 0.15) is 50.1 Å². The van der Waals surface area contributed by atoms with Crippen molar-refractivity contribution in [3.8, 4) is 0 Å². The van der Waals surface area contributed by atoms with Gasteiger partial charge in [-0.1, -0.05) is 13.8 Å². The van der Waals surface area contributed by atoms with Gasteiger partial charge in [-0.15, -0.1) is 0 Å². The maximum absolute atomic E-state index is 12.8. The lowest BCUT2D eigenvalue weighted by Gasteiger charge is -2.46. The van der Waals surface area contributed by atoms with E-state index in [-0.39, 0.29) is 23.4 Å². The van der Waals surface area contributed by atoms with E-state index in [4.69, 9.17) is 0 Å². The molecule has 2 aliphatic heterocycles. The van der Waals surface area contributed by atoms with E-state index in [1.807, 2.05) is 22.7 Å². The van der Waals surface area contributed by atoms with Crippen LogP contribution < -0.4 is 10.6 Å². The third kappa shape index (κ3) is 4.66. The summed E-state index contributed by atoms with van der Waals surface area (Å²) in [5.41, 5.74) is 2.75. The largest absolute Gasteiger partial charge is 0.354 e. The number of H-pyrrole nitrogens is 1. The van der Waals surface area contributed by atoms with Gasteiger partial charge in [-0.25, -0.2) is 4.98 Å². The molecule has 2 aromatic heterocycles. The molecule has 0 saturated carbocycles. The van der Waals surface area contributed by atoms with Crippen LogP contribution in [0.5, 0.6) is 0 Å². The molecular weight excluding hydrogens is 394 g/mol. The number of carbonyl (C=O) groups excluding carboxylic acids is 2. The smallest absolute Gasteiger partial charge is 0.237 e. The second kappa shape index (κ2) is 8.82. The fourth-order valence-electron chi connectivity index (χ4n) is 4.61. The number of hydrogen-bond acceptors (Lipinski definition) is 5. The summed E-state index contributed by atoms with van der Waals surface area (Å²) in [7, 11) is 0. The molecule has 168 valence electrons. The Morgan fingerprint density at radius 3 is 2.77 bits per heavy atom. The van der Waals surface area contributed by atoms with Gasteiger partial charge in [-0.3, -0.25) is 19.6 Å². The van der Waals surface area contributed by atoms with Crippen LogP contribution in [0.4, 0.5) is 0 Å². The lowest BCUT2D eigenvalue weighted by molar-refractivity contribution is -0.134. The van der Waals surface area contributed by atoms with Crippen molar-refractivity contribution in [2.75, 3.05) is 19.6 Å². The Balaban J connectivity index is 1.39. The van der Waals surface area contributed by atoms with Crippen LogP contribution in [-0.4, -0.2) is 62.1 Å². The molecule has 4 heterocycles. The highest BCUT2D eigenvalue weighted by Gasteiger charge is 2.46. The van der Waals surface area contributed by atoms with Crippen molar-refractivity contribution < 1.29 is 9.59 Å². The normalized spacial score (nSPS) is 20.1. The number of nitrogens with one attached hydrogen (secondary N) is 3. The Bertz CT molecular complexity index is 924. The first-order valence-electron chi connectivity index (χ1n) is 11.2. The minimum Gasteiger partial charge on any atom is -0.354 e. The molecule has 9 nitrogen and oxygen atoms in total. The van der Waals surface area contributed by atoms with E-state index in [1.165, 1.54) is 0 Å². The first-order valence-corrected chi connectivity index (χ1v) is 11.2. The van der Waals surface area contributed by atoms with Crippen LogP contribution in [0.2, 0.25) is 0 Å².